The molecule has 0 radical (unpaired) electrons. The number of nitrogens with zero attached hydrogens (tertiary/aromatic N) is 1. The molecule has 2 rings (SSSR count). The number of aromatic nitrogens is 1. The summed E-state index contributed by atoms with van der Waals surface area (Å²) in [6.45, 7) is 4.23. The number of carboxylic acid groups (broad SMARTS) is 1. The second-order valence-corrected chi connectivity index (χ2v) is 4.10. The van der Waals surface area contributed by atoms with Gasteiger partial charge in [0.25, 0.3) is 0 Å². The van der Waals surface area contributed by atoms with E-state index in [4.69, 9.17) is 9.84 Å². The van der Waals surface area contributed by atoms with Crippen molar-refractivity contribution in [3.63, 3.8) is 0 Å². The van der Waals surface area contributed by atoms with Crippen molar-refractivity contribution in [2.45, 2.75) is 13.8 Å². The Morgan fingerprint density at radius 2 is 2.11 bits per heavy atom. The van der Waals surface area contributed by atoms with Crippen molar-refractivity contribution in [1.29, 1.82) is 0 Å². The van der Waals surface area contributed by atoms with Crippen LogP contribution in [0.2, 0.25) is 0 Å². The fraction of sp³-hybridized carbons (Fsp3) is 0.200. The standard InChI is InChI=1S/C15H15NO3/c1-3-19-12-6-4-5-11(9-12)14-8-7-13(15(17)18)10(2)16-14/h4-9H,3H2,1-2H3,(H,17,18). The zero-order valence-corrected chi connectivity index (χ0v) is 10.9. The number of benzene rings is 1. The van der Waals surface area contributed by atoms with Crippen LogP contribution in [0.15, 0.2) is 36.4 Å². The van der Waals surface area contributed by atoms with E-state index in [9.17, 15) is 4.79 Å². The number of hydrogen-bond acceptors (Lipinski definition) is 3. The number of aromatic carboxylic acids is 1. The zero-order valence-electron chi connectivity index (χ0n) is 10.9. The van der Waals surface area contributed by atoms with Crippen molar-refractivity contribution in [3.8, 4) is 17.0 Å². The molecule has 2 aromatic rings. The number of rotatable bonds is 4. The SMILES string of the molecule is CCOc1cccc(-c2ccc(C(=O)O)c(C)n2)c1. The first kappa shape index (κ1) is 13.1. The van der Waals surface area contributed by atoms with E-state index in [1.807, 2.05) is 31.2 Å². The normalized spacial score (nSPS) is 10.2. The van der Waals surface area contributed by atoms with Gasteiger partial charge in [0.2, 0.25) is 0 Å². The number of hydrogen-bond donors (Lipinski definition) is 1. The molecule has 19 heavy (non-hydrogen) atoms. The fourth-order valence-corrected chi connectivity index (χ4v) is 1.86. The highest BCUT2D eigenvalue weighted by atomic mass is 16.5. The van der Waals surface area contributed by atoms with Crippen molar-refractivity contribution in [2.24, 2.45) is 0 Å². The zero-order chi connectivity index (χ0) is 13.8. The molecule has 1 aromatic carbocycles. The molecule has 4 nitrogen and oxygen atoms in total. The maximum atomic E-state index is 10.9. The molecular formula is C15H15NO3. The number of pyridine rings is 1. The maximum absolute atomic E-state index is 10.9. The summed E-state index contributed by atoms with van der Waals surface area (Å²) < 4.78 is 5.44. The van der Waals surface area contributed by atoms with Crippen LogP contribution in [0.4, 0.5) is 0 Å². The van der Waals surface area contributed by atoms with Gasteiger partial charge in [0.05, 0.1) is 23.6 Å². The lowest BCUT2D eigenvalue weighted by atomic mass is 10.1. The Labute approximate surface area is 111 Å². The van der Waals surface area contributed by atoms with E-state index in [1.165, 1.54) is 0 Å². The summed E-state index contributed by atoms with van der Waals surface area (Å²) in [5.41, 5.74) is 2.38. The van der Waals surface area contributed by atoms with Crippen molar-refractivity contribution in [3.05, 3.63) is 47.7 Å². The molecule has 0 spiro atoms. The molecule has 0 amide bonds. The third-order valence-corrected chi connectivity index (χ3v) is 2.76. The van der Waals surface area contributed by atoms with Crippen LogP contribution in [0.1, 0.15) is 23.0 Å². The maximum Gasteiger partial charge on any atom is 0.337 e. The number of aryl methyl sites for hydroxylation is 1. The van der Waals surface area contributed by atoms with Crippen molar-refractivity contribution in [1.82, 2.24) is 4.98 Å². The summed E-state index contributed by atoms with van der Waals surface area (Å²) >= 11 is 0. The van der Waals surface area contributed by atoms with Gasteiger partial charge in [-0.05, 0) is 38.1 Å². The Kier molecular flexibility index (Phi) is 3.80. The van der Waals surface area contributed by atoms with Crippen LogP contribution in [0.5, 0.6) is 5.75 Å². The second kappa shape index (κ2) is 5.52. The lowest BCUT2D eigenvalue weighted by Gasteiger charge is -2.07. The van der Waals surface area contributed by atoms with E-state index < -0.39 is 5.97 Å². The first-order valence-electron chi connectivity index (χ1n) is 6.06. The minimum Gasteiger partial charge on any atom is -0.494 e. The third kappa shape index (κ3) is 2.91. The van der Waals surface area contributed by atoms with Crippen molar-refractivity contribution < 1.29 is 14.6 Å². The topological polar surface area (TPSA) is 59.4 Å². The molecule has 1 heterocycles. The summed E-state index contributed by atoms with van der Waals surface area (Å²) in [5, 5.41) is 8.98. The smallest absolute Gasteiger partial charge is 0.337 e. The third-order valence-electron chi connectivity index (χ3n) is 2.76. The average Bonchev–Trinajstić information content (AvgIpc) is 2.39. The van der Waals surface area contributed by atoms with Crippen LogP contribution in [0.3, 0.4) is 0 Å². The molecular weight excluding hydrogens is 242 g/mol. The number of carbonyl (C=O) groups is 1. The Morgan fingerprint density at radius 1 is 1.32 bits per heavy atom. The predicted octanol–water partition coefficient (Wildman–Crippen LogP) is 3.15. The van der Waals surface area contributed by atoms with Crippen LogP contribution in [0.25, 0.3) is 11.3 Å². The van der Waals surface area contributed by atoms with Gasteiger partial charge in [-0.1, -0.05) is 12.1 Å². The van der Waals surface area contributed by atoms with Crippen molar-refractivity contribution >= 4 is 5.97 Å². The molecule has 1 N–H and O–H groups in total. The molecule has 0 aliphatic rings. The molecule has 0 bridgehead atoms. The minimum absolute atomic E-state index is 0.227. The Morgan fingerprint density at radius 3 is 2.74 bits per heavy atom. The highest BCUT2D eigenvalue weighted by Gasteiger charge is 2.09. The summed E-state index contributed by atoms with van der Waals surface area (Å²) in [7, 11) is 0. The van der Waals surface area contributed by atoms with E-state index >= 15 is 0 Å². The Balaban J connectivity index is 2.39. The van der Waals surface area contributed by atoms with Crippen LogP contribution in [0, 0.1) is 6.92 Å². The van der Waals surface area contributed by atoms with Gasteiger partial charge in [-0.2, -0.15) is 0 Å². The molecule has 1 aromatic heterocycles. The van der Waals surface area contributed by atoms with Gasteiger partial charge < -0.3 is 9.84 Å². The average molecular weight is 257 g/mol. The van der Waals surface area contributed by atoms with Gasteiger partial charge in [0, 0.05) is 5.56 Å². The summed E-state index contributed by atoms with van der Waals surface area (Å²) in [4.78, 5) is 15.3. The van der Waals surface area contributed by atoms with Gasteiger partial charge in [-0.15, -0.1) is 0 Å². The summed E-state index contributed by atoms with van der Waals surface area (Å²) in [5.74, 6) is -0.179. The first-order chi connectivity index (χ1) is 9.11. The van der Waals surface area contributed by atoms with E-state index in [0.29, 0.717) is 12.3 Å². The molecule has 98 valence electrons. The van der Waals surface area contributed by atoms with Gasteiger partial charge in [-0.25, -0.2) is 4.79 Å². The van der Waals surface area contributed by atoms with E-state index in [1.54, 1.807) is 19.1 Å². The number of ether oxygens (including phenoxy) is 1. The first-order valence-corrected chi connectivity index (χ1v) is 6.06. The molecule has 0 aliphatic heterocycles. The second-order valence-electron chi connectivity index (χ2n) is 4.10. The van der Waals surface area contributed by atoms with Gasteiger partial charge in [-0.3, -0.25) is 4.98 Å². The molecule has 0 saturated heterocycles. The van der Waals surface area contributed by atoms with Crippen molar-refractivity contribution in [2.75, 3.05) is 6.61 Å². The molecule has 0 aliphatic carbocycles. The monoisotopic (exact) mass is 257 g/mol. The highest BCUT2D eigenvalue weighted by molar-refractivity contribution is 5.89. The fourth-order valence-electron chi connectivity index (χ4n) is 1.86. The molecule has 0 fully saturated rings. The van der Waals surface area contributed by atoms with Crippen LogP contribution in [-0.2, 0) is 0 Å². The van der Waals surface area contributed by atoms with Gasteiger partial charge in [0.15, 0.2) is 0 Å². The van der Waals surface area contributed by atoms with Crippen LogP contribution in [-0.4, -0.2) is 22.7 Å². The largest absolute Gasteiger partial charge is 0.494 e. The highest BCUT2D eigenvalue weighted by Crippen LogP contribution is 2.23. The molecule has 0 atom stereocenters. The predicted molar refractivity (Wildman–Crippen MR) is 72.5 cm³/mol. The Hall–Kier alpha value is -2.36. The van der Waals surface area contributed by atoms with Crippen LogP contribution >= 0.6 is 0 Å². The lowest BCUT2D eigenvalue weighted by molar-refractivity contribution is 0.0695. The van der Waals surface area contributed by atoms with Crippen LogP contribution < -0.4 is 4.74 Å². The van der Waals surface area contributed by atoms with Gasteiger partial charge >= 0.3 is 5.97 Å². The van der Waals surface area contributed by atoms with E-state index in [-0.39, 0.29) is 5.56 Å². The number of carboxylic acids is 1. The Bertz CT molecular complexity index is 608. The van der Waals surface area contributed by atoms with Gasteiger partial charge in [0.1, 0.15) is 5.75 Å². The molecule has 4 heteroatoms. The van der Waals surface area contributed by atoms with E-state index in [0.717, 1.165) is 17.0 Å². The lowest BCUT2D eigenvalue weighted by Crippen LogP contribution is -2.02. The minimum atomic E-state index is -0.959. The molecule has 0 saturated carbocycles. The van der Waals surface area contributed by atoms with E-state index in [2.05, 4.69) is 4.98 Å². The summed E-state index contributed by atoms with van der Waals surface area (Å²) in [6.07, 6.45) is 0. The summed E-state index contributed by atoms with van der Waals surface area (Å²) in [6, 6.07) is 10.9. The quantitative estimate of drug-likeness (QED) is 0.914. The molecule has 0 unspecified atom stereocenters.